The summed E-state index contributed by atoms with van der Waals surface area (Å²) in [6.45, 7) is 3.34. The van der Waals surface area contributed by atoms with Crippen molar-refractivity contribution in [2.45, 2.75) is 43.8 Å². The molecule has 2 aromatic rings. The third kappa shape index (κ3) is 5.95. The van der Waals surface area contributed by atoms with E-state index in [1.54, 1.807) is 6.92 Å². The second-order valence-corrected chi connectivity index (χ2v) is 8.27. The standard InChI is InChI=1S/C18H23F3N4O4S/c1-4-14(25-12(2)11-16(24-25)18(19,20)21)9-10-22-30(27,28)15-7-5-13(6-8-15)23-17(26)29-3/h5-8,11,14,22H,4,9-10H2,1-3H3,(H,23,26)/t14-/m1/s1. The van der Waals surface area contributed by atoms with Crippen LogP contribution in [0.5, 0.6) is 0 Å². The maximum absolute atomic E-state index is 12.9. The summed E-state index contributed by atoms with van der Waals surface area (Å²) in [5, 5.41) is 6.04. The van der Waals surface area contributed by atoms with Gasteiger partial charge in [0.15, 0.2) is 5.69 Å². The summed E-state index contributed by atoms with van der Waals surface area (Å²) < 4.78 is 71.6. The van der Waals surface area contributed by atoms with E-state index in [1.165, 1.54) is 43.0 Å². The monoisotopic (exact) mass is 448 g/mol. The number of ether oxygens (including phenoxy) is 1. The normalized spacial score (nSPS) is 13.1. The Morgan fingerprint density at radius 3 is 2.40 bits per heavy atom. The molecule has 0 fully saturated rings. The Balaban J connectivity index is 2.02. The van der Waals surface area contributed by atoms with Crippen LogP contribution < -0.4 is 10.0 Å². The largest absolute Gasteiger partial charge is 0.453 e. The molecule has 0 radical (unpaired) electrons. The fourth-order valence-electron chi connectivity index (χ4n) is 2.82. The third-order valence-corrected chi connectivity index (χ3v) is 5.87. The minimum atomic E-state index is -4.54. The van der Waals surface area contributed by atoms with E-state index in [2.05, 4.69) is 19.9 Å². The van der Waals surface area contributed by atoms with E-state index in [1.807, 2.05) is 0 Å². The number of nitrogens with zero attached hydrogens (tertiary/aromatic N) is 2. The number of methoxy groups -OCH3 is 1. The van der Waals surface area contributed by atoms with Gasteiger partial charge in [-0.25, -0.2) is 17.9 Å². The molecule has 8 nitrogen and oxygen atoms in total. The lowest BCUT2D eigenvalue weighted by Crippen LogP contribution is -2.27. The first-order chi connectivity index (χ1) is 14.0. The molecule has 0 aliphatic rings. The smallest absolute Gasteiger partial charge is 0.435 e. The molecule has 2 N–H and O–H groups in total. The molecule has 0 aliphatic carbocycles. The van der Waals surface area contributed by atoms with Crippen LogP contribution in [-0.2, 0) is 20.9 Å². The van der Waals surface area contributed by atoms with Gasteiger partial charge in [-0.1, -0.05) is 6.92 Å². The average molecular weight is 448 g/mol. The van der Waals surface area contributed by atoms with Gasteiger partial charge in [0.1, 0.15) is 0 Å². The third-order valence-electron chi connectivity index (χ3n) is 4.40. The number of nitrogens with one attached hydrogen (secondary N) is 2. The van der Waals surface area contributed by atoms with Gasteiger partial charge in [0.05, 0.1) is 18.0 Å². The Hall–Kier alpha value is -2.60. The van der Waals surface area contributed by atoms with E-state index >= 15 is 0 Å². The van der Waals surface area contributed by atoms with Crippen molar-refractivity contribution >= 4 is 21.8 Å². The number of benzene rings is 1. The highest BCUT2D eigenvalue weighted by Crippen LogP contribution is 2.30. The number of anilines is 1. The molecule has 1 atom stereocenters. The molecular formula is C18H23F3N4O4S. The SMILES string of the molecule is CC[C@H](CCNS(=O)(=O)c1ccc(NC(=O)OC)cc1)n1nc(C(F)(F)F)cc1C. The highest BCUT2D eigenvalue weighted by atomic mass is 32.2. The minimum Gasteiger partial charge on any atom is -0.453 e. The Kier molecular flexibility index (Phi) is 7.48. The second-order valence-electron chi connectivity index (χ2n) is 6.50. The predicted octanol–water partition coefficient (Wildman–Crippen LogP) is 3.71. The number of aryl methyl sites for hydroxylation is 1. The van der Waals surface area contributed by atoms with Crippen LogP contribution >= 0.6 is 0 Å². The molecule has 1 amide bonds. The molecule has 166 valence electrons. The molecule has 0 saturated heterocycles. The van der Waals surface area contributed by atoms with E-state index in [0.717, 1.165) is 6.07 Å². The molecule has 1 aromatic heterocycles. The van der Waals surface area contributed by atoms with Crippen molar-refractivity contribution in [3.05, 3.63) is 41.7 Å². The Morgan fingerprint density at radius 1 is 1.27 bits per heavy atom. The quantitative estimate of drug-likeness (QED) is 0.641. The molecule has 2 rings (SSSR count). The first kappa shape index (κ1) is 23.7. The number of hydrogen-bond acceptors (Lipinski definition) is 5. The molecule has 1 aromatic carbocycles. The number of carbonyl (C=O) groups is 1. The summed E-state index contributed by atoms with van der Waals surface area (Å²) in [7, 11) is -2.62. The summed E-state index contributed by atoms with van der Waals surface area (Å²) in [5.41, 5.74) is -0.258. The Bertz CT molecular complexity index is 972. The van der Waals surface area contributed by atoms with Gasteiger partial charge in [-0.15, -0.1) is 0 Å². The van der Waals surface area contributed by atoms with Gasteiger partial charge in [-0.05, 0) is 50.1 Å². The minimum absolute atomic E-state index is 0.0133. The molecular weight excluding hydrogens is 425 g/mol. The van der Waals surface area contributed by atoms with Gasteiger partial charge in [0, 0.05) is 17.9 Å². The van der Waals surface area contributed by atoms with Crippen molar-refractivity contribution in [2.24, 2.45) is 0 Å². The van der Waals surface area contributed by atoms with Crippen LogP contribution in [0.1, 0.15) is 37.2 Å². The number of carbonyl (C=O) groups excluding carboxylic acids is 1. The Labute approximate surface area is 172 Å². The van der Waals surface area contributed by atoms with E-state index in [4.69, 9.17) is 0 Å². The van der Waals surface area contributed by atoms with E-state index < -0.39 is 34.0 Å². The van der Waals surface area contributed by atoms with Gasteiger partial charge < -0.3 is 4.74 Å². The van der Waals surface area contributed by atoms with Crippen LogP contribution in [0.2, 0.25) is 0 Å². The van der Waals surface area contributed by atoms with Crippen LogP contribution in [0.4, 0.5) is 23.7 Å². The topological polar surface area (TPSA) is 102 Å². The lowest BCUT2D eigenvalue weighted by atomic mass is 10.1. The van der Waals surface area contributed by atoms with Crippen LogP contribution in [0.3, 0.4) is 0 Å². The van der Waals surface area contributed by atoms with Crippen LogP contribution in [-0.4, -0.2) is 37.9 Å². The number of amides is 1. The number of halogens is 3. The summed E-state index contributed by atoms with van der Waals surface area (Å²) in [5.74, 6) is 0. The van der Waals surface area contributed by atoms with Crippen molar-refractivity contribution in [1.29, 1.82) is 0 Å². The highest BCUT2D eigenvalue weighted by Gasteiger charge is 2.35. The van der Waals surface area contributed by atoms with Crippen molar-refractivity contribution in [2.75, 3.05) is 19.0 Å². The van der Waals surface area contributed by atoms with Crippen molar-refractivity contribution in [1.82, 2.24) is 14.5 Å². The molecule has 0 spiro atoms. The maximum atomic E-state index is 12.9. The molecule has 0 aliphatic heterocycles. The Morgan fingerprint density at radius 2 is 1.90 bits per heavy atom. The summed E-state index contributed by atoms with van der Waals surface area (Å²) in [6, 6.07) is 6.03. The fourth-order valence-corrected chi connectivity index (χ4v) is 3.87. The number of sulfonamides is 1. The van der Waals surface area contributed by atoms with Crippen molar-refractivity contribution < 1.29 is 31.1 Å². The van der Waals surface area contributed by atoms with E-state index in [-0.39, 0.29) is 17.9 Å². The van der Waals surface area contributed by atoms with Crippen LogP contribution in [0.25, 0.3) is 0 Å². The summed E-state index contributed by atoms with van der Waals surface area (Å²) in [6.07, 6.45) is -4.48. The van der Waals surface area contributed by atoms with Gasteiger partial charge in [-0.2, -0.15) is 18.3 Å². The zero-order valence-corrected chi connectivity index (χ0v) is 17.5. The van der Waals surface area contributed by atoms with Crippen molar-refractivity contribution in [3.63, 3.8) is 0 Å². The first-order valence-electron chi connectivity index (χ1n) is 9.06. The predicted molar refractivity (Wildman–Crippen MR) is 104 cm³/mol. The zero-order valence-electron chi connectivity index (χ0n) is 16.7. The number of aromatic nitrogens is 2. The zero-order chi connectivity index (χ0) is 22.5. The van der Waals surface area contributed by atoms with E-state index in [9.17, 15) is 26.4 Å². The average Bonchev–Trinajstić information content (AvgIpc) is 3.07. The van der Waals surface area contributed by atoms with Gasteiger partial charge in [-0.3, -0.25) is 10.00 Å². The fraction of sp³-hybridized carbons (Fsp3) is 0.444. The molecule has 0 unspecified atom stereocenters. The van der Waals surface area contributed by atoms with Crippen LogP contribution in [0.15, 0.2) is 35.2 Å². The summed E-state index contributed by atoms with van der Waals surface area (Å²) >= 11 is 0. The van der Waals surface area contributed by atoms with Gasteiger partial charge in [0.2, 0.25) is 10.0 Å². The highest BCUT2D eigenvalue weighted by molar-refractivity contribution is 7.89. The maximum Gasteiger partial charge on any atom is 0.435 e. The number of hydrogen-bond donors (Lipinski definition) is 2. The number of alkyl halides is 3. The van der Waals surface area contributed by atoms with E-state index in [0.29, 0.717) is 17.8 Å². The lowest BCUT2D eigenvalue weighted by Gasteiger charge is -2.18. The lowest BCUT2D eigenvalue weighted by molar-refractivity contribution is -0.141. The molecule has 30 heavy (non-hydrogen) atoms. The summed E-state index contributed by atoms with van der Waals surface area (Å²) in [4.78, 5) is 11.1. The van der Waals surface area contributed by atoms with Gasteiger partial charge in [0.25, 0.3) is 0 Å². The van der Waals surface area contributed by atoms with Gasteiger partial charge >= 0.3 is 12.3 Å². The molecule has 0 saturated carbocycles. The second kappa shape index (κ2) is 9.47. The first-order valence-corrected chi connectivity index (χ1v) is 10.5. The molecule has 0 bridgehead atoms. The molecule has 12 heteroatoms. The molecule has 1 heterocycles. The number of rotatable bonds is 8. The van der Waals surface area contributed by atoms with Crippen LogP contribution in [0, 0.1) is 6.92 Å². The van der Waals surface area contributed by atoms with Crippen molar-refractivity contribution in [3.8, 4) is 0 Å².